The van der Waals surface area contributed by atoms with Gasteiger partial charge in [0.05, 0.1) is 0 Å². The average molecular weight is 329 g/mol. The number of carbonyl (C=O) groups excluding carboxylic acids is 1. The van der Waals surface area contributed by atoms with Gasteiger partial charge < -0.3 is 10.1 Å². The van der Waals surface area contributed by atoms with E-state index in [0.717, 1.165) is 24.0 Å². The lowest BCUT2D eigenvalue weighted by Crippen LogP contribution is -2.36. The summed E-state index contributed by atoms with van der Waals surface area (Å²) in [5.74, 6) is 0.337. The van der Waals surface area contributed by atoms with E-state index in [0.29, 0.717) is 12.3 Å². The van der Waals surface area contributed by atoms with Crippen molar-refractivity contribution in [2.24, 2.45) is 0 Å². The third-order valence-electron chi connectivity index (χ3n) is 4.02. The molecule has 0 heterocycles. The molecule has 1 atom stereocenters. The Morgan fingerprint density at radius 1 is 1.12 bits per heavy atom. The highest BCUT2D eigenvalue weighted by Crippen LogP contribution is 2.17. The average Bonchev–Trinajstić information content (AvgIpc) is 2.56. The van der Waals surface area contributed by atoms with Crippen molar-refractivity contribution in [3.63, 3.8) is 0 Å². The van der Waals surface area contributed by atoms with E-state index in [1.54, 1.807) is 19.1 Å². The predicted molar refractivity (Wildman–Crippen MR) is 93.7 cm³/mol. The van der Waals surface area contributed by atoms with Crippen molar-refractivity contribution in [3.8, 4) is 5.75 Å². The van der Waals surface area contributed by atoms with Gasteiger partial charge in [-0.1, -0.05) is 18.2 Å². The molecule has 1 amide bonds. The molecule has 0 aliphatic heterocycles. The first-order valence-electron chi connectivity index (χ1n) is 8.22. The Hall–Kier alpha value is -2.36. The molecule has 0 aromatic heterocycles. The lowest BCUT2D eigenvalue weighted by molar-refractivity contribution is -0.127. The lowest BCUT2D eigenvalue weighted by atomic mass is 10.1. The van der Waals surface area contributed by atoms with E-state index in [1.165, 1.54) is 17.7 Å². The molecule has 2 rings (SSSR count). The highest BCUT2D eigenvalue weighted by molar-refractivity contribution is 5.80. The molecule has 3 nitrogen and oxygen atoms in total. The van der Waals surface area contributed by atoms with Crippen LogP contribution in [0.2, 0.25) is 0 Å². The molecular formula is C20H24FNO2. The summed E-state index contributed by atoms with van der Waals surface area (Å²) in [5.41, 5.74) is 3.39. The molecule has 0 bridgehead atoms. The molecule has 0 unspecified atom stereocenters. The lowest BCUT2D eigenvalue weighted by Gasteiger charge is -2.15. The number of hydrogen-bond donors (Lipinski definition) is 1. The Morgan fingerprint density at radius 3 is 2.50 bits per heavy atom. The van der Waals surface area contributed by atoms with Crippen LogP contribution >= 0.6 is 0 Å². The highest BCUT2D eigenvalue weighted by Gasteiger charge is 2.14. The second kappa shape index (κ2) is 8.48. The Balaban J connectivity index is 1.73. The number of ether oxygens (including phenoxy) is 1. The maximum Gasteiger partial charge on any atom is 0.260 e. The van der Waals surface area contributed by atoms with Crippen LogP contribution in [0.25, 0.3) is 0 Å². The second-order valence-corrected chi connectivity index (χ2v) is 6.03. The second-order valence-electron chi connectivity index (χ2n) is 6.03. The van der Waals surface area contributed by atoms with Crippen molar-refractivity contribution in [2.75, 3.05) is 6.54 Å². The summed E-state index contributed by atoms with van der Waals surface area (Å²) in [7, 11) is 0. The number of nitrogens with one attached hydrogen (secondary N) is 1. The molecule has 0 radical (unpaired) electrons. The predicted octanol–water partition coefficient (Wildman–Crippen LogP) is 3.96. The van der Waals surface area contributed by atoms with Gasteiger partial charge in [0, 0.05) is 6.54 Å². The number of hydrogen-bond acceptors (Lipinski definition) is 2. The van der Waals surface area contributed by atoms with E-state index >= 15 is 0 Å². The first-order chi connectivity index (χ1) is 11.5. The fourth-order valence-corrected chi connectivity index (χ4v) is 2.34. The van der Waals surface area contributed by atoms with Gasteiger partial charge >= 0.3 is 0 Å². The van der Waals surface area contributed by atoms with E-state index in [9.17, 15) is 9.18 Å². The molecule has 2 aromatic carbocycles. The van der Waals surface area contributed by atoms with Gasteiger partial charge in [-0.3, -0.25) is 4.79 Å². The van der Waals surface area contributed by atoms with Crippen molar-refractivity contribution < 1.29 is 13.9 Å². The number of halogens is 1. The van der Waals surface area contributed by atoms with Crippen LogP contribution in [0.4, 0.5) is 4.39 Å². The van der Waals surface area contributed by atoms with Gasteiger partial charge in [-0.25, -0.2) is 4.39 Å². The fourth-order valence-electron chi connectivity index (χ4n) is 2.34. The van der Waals surface area contributed by atoms with Gasteiger partial charge in [0.2, 0.25) is 0 Å². The Bertz CT molecular complexity index is 683. The number of benzene rings is 2. The first-order valence-corrected chi connectivity index (χ1v) is 8.22. The van der Waals surface area contributed by atoms with Crippen molar-refractivity contribution in [2.45, 2.75) is 39.7 Å². The molecule has 24 heavy (non-hydrogen) atoms. The van der Waals surface area contributed by atoms with Gasteiger partial charge in [-0.2, -0.15) is 0 Å². The maximum absolute atomic E-state index is 12.8. The molecule has 0 aliphatic carbocycles. The smallest absolute Gasteiger partial charge is 0.260 e. The third kappa shape index (κ3) is 5.37. The quantitative estimate of drug-likeness (QED) is 0.781. The van der Waals surface area contributed by atoms with Gasteiger partial charge in [-0.05, 0) is 74.6 Å². The number of amides is 1. The van der Waals surface area contributed by atoms with Crippen LogP contribution in [0, 0.1) is 19.7 Å². The van der Waals surface area contributed by atoms with Crippen molar-refractivity contribution in [1.82, 2.24) is 5.32 Å². The topological polar surface area (TPSA) is 38.3 Å². The molecule has 0 spiro atoms. The minimum Gasteiger partial charge on any atom is -0.481 e. The molecule has 0 fully saturated rings. The van der Waals surface area contributed by atoms with E-state index < -0.39 is 6.10 Å². The maximum atomic E-state index is 12.8. The summed E-state index contributed by atoms with van der Waals surface area (Å²) >= 11 is 0. The Labute approximate surface area is 142 Å². The zero-order chi connectivity index (χ0) is 17.5. The molecule has 0 saturated carbocycles. The summed E-state index contributed by atoms with van der Waals surface area (Å²) in [6, 6.07) is 12.2. The molecule has 128 valence electrons. The van der Waals surface area contributed by atoms with Crippen molar-refractivity contribution in [3.05, 3.63) is 65.0 Å². The molecule has 1 N–H and O–H groups in total. The van der Waals surface area contributed by atoms with Crippen LogP contribution in [-0.4, -0.2) is 18.6 Å². The van der Waals surface area contributed by atoms with Crippen molar-refractivity contribution in [1.29, 1.82) is 0 Å². The van der Waals surface area contributed by atoms with Gasteiger partial charge in [0.25, 0.3) is 5.91 Å². The number of aryl methyl sites for hydroxylation is 3. The number of carbonyl (C=O) groups is 1. The van der Waals surface area contributed by atoms with Crippen LogP contribution in [0.5, 0.6) is 5.75 Å². The first kappa shape index (κ1) is 18.0. The van der Waals surface area contributed by atoms with E-state index in [1.807, 2.05) is 32.0 Å². The largest absolute Gasteiger partial charge is 0.481 e. The monoisotopic (exact) mass is 329 g/mol. The summed E-state index contributed by atoms with van der Waals surface area (Å²) in [6.45, 7) is 6.36. The molecular weight excluding hydrogens is 305 g/mol. The summed E-state index contributed by atoms with van der Waals surface area (Å²) in [6.07, 6.45) is 1.05. The number of rotatable bonds is 7. The Morgan fingerprint density at radius 2 is 1.83 bits per heavy atom. The van der Waals surface area contributed by atoms with Crippen molar-refractivity contribution >= 4 is 5.91 Å². The van der Waals surface area contributed by atoms with Gasteiger partial charge in [0.15, 0.2) is 6.10 Å². The molecule has 4 heteroatoms. The van der Waals surface area contributed by atoms with Gasteiger partial charge in [0.1, 0.15) is 11.6 Å². The van der Waals surface area contributed by atoms with E-state index in [2.05, 4.69) is 5.32 Å². The SMILES string of the molecule is Cc1ccc(O[C@@H](C)C(=O)NCCCc2ccc(F)cc2)cc1C. The standard InChI is InChI=1S/C20H24FNO2/c1-14-6-11-19(13-15(14)2)24-16(3)20(23)22-12-4-5-17-7-9-18(21)10-8-17/h6-11,13,16H,4-5,12H2,1-3H3,(H,22,23)/t16-/m0/s1. The third-order valence-corrected chi connectivity index (χ3v) is 4.02. The fraction of sp³-hybridized carbons (Fsp3) is 0.350. The van der Waals surface area contributed by atoms with E-state index in [-0.39, 0.29) is 11.7 Å². The molecule has 0 saturated heterocycles. The normalized spacial score (nSPS) is 11.8. The molecule has 0 aliphatic rings. The zero-order valence-corrected chi connectivity index (χ0v) is 14.4. The molecule has 2 aromatic rings. The minimum absolute atomic E-state index is 0.132. The van der Waals surface area contributed by atoms with E-state index in [4.69, 9.17) is 4.74 Å². The summed E-state index contributed by atoms with van der Waals surface area (Å²) < 4.78 is 18.5. The minimum atomic E-state index is -0.544. The van der Waals surface area contributed by atoms with Crippen LogP contribution in [0.1, 0.15) is 30.0 Å². The van der Waals surface area contributed by atoms with Crippen LogP contribution in [0.15, 0.2) is 42.5 Å². The highest BCUT2D eigenvalue weighted by atomic mass is 19.1. The van der Waals surface area contributed by atoms with Crippen LogP contribution in [0.3, 0.4) is 0 Å². The van der Waals surface area contributed by atoms with Gasteiger partial charge in [-0.15, -0.1) is 0 Å². The Kier molecular flexibility index (Phi) is 6.36. The van der Waals surface area contributed by atoms with Crippen LogP contribution < -0.4 is 10.1 Å². The van der Waals surface area contributed by atoms with Crippen LogP contribution in [-0.2, 0) is 11.2 Å². The summed E-state index contributed by atoms with van der Waals surface area (Å²) in [5, 5.41) is 2.87. The summed E-state index contributed by atoms with van der Waals surface area (Å²) in [4.78, 5) is 12.1. The zero-order valence-electron chi connectivity index (χ0n) is 14.4.